The van der Waals surface area contributed by atoms with Crippen LogP contribution in [0.5, 0.6) is 0 Å². The zero-order valence-corrected chi connectivity index (χ0v) is 13.3. The zero-order chi connectivity index (χ0) is 15.1. The van der Waals surface area contributed by atoms with E-state index in [-0.39, 0.29) is 0 Å². The molecule has 0 aliphatic carbocycles. The molecule has 0 spiro atoms. The Bertz CT molecular complexity index is 607. The monoisotopic (exact) mass is 302 g/mol. The summed E-state index contributed by atoms with van der Waals surface area (Å²) < 4.78 is 0. The number of rotatable bonds is 8. The van der Waals surface area contributed by atoms with Crippen molar-refractivity contribution in [3.8, 4) is 0 Å². The maximum Gasteiger partial charge on any atom is 0.303 e. The average molecular weight is 302 g/mol. The highest BCUT2D eigenvalue weighted by atomic mass is 32.2. The lowest BCUT2D eigenvalue weighted by molar-refractivity contribution is -0.137. The van der Waals surface area contributed by atoms with Crippen LogP contribution in [0.3, 0.4) is 0 Å². The largest absolute Gasteiger partial charge is 0.481 e. The molecule has 0 amide bonds. The van der Waals surface area contributed by atoms with Crippen LogP contribution in [-0.4, -0.2) is 17.3 Å². The maximum absolute atomic E-state index is 10.5. The Morgan fingerprint density at radius 2 is 1.81 bits per heavy atom. The molecular formula is C18H22O2S. The van der Waals surface area contributed by atoms with E-state index in [9.17, 15) is 4.79 Å². The molecule has 0 atom stereocenters. The minimum atomic E-state index is -0.686. The third kappa shape index (κ3) is 4.50. The third-order valence-electron chi connectivity index (χ3n) is 3.78. The summed E-state index contributed by atoms with van der Waals surface area (Å²) in [5.41, 5.74) is 1.44. The number of carboxylic acids is 1. The molecule has 0 saturated heterocycles. The van der Waals surface area contributed by atoms with Crippen LogP contribution in [0.4, 0.5) is 0 Å². The van der Waals surface area contributed by atoms with Gasteiger partial charge in [-0.05, 0) is 47.9 Å². The van der Waals surface area contributed by atoms with Gasteiger partial charge in [-0.3, -0.25) is 4.79 Å². The molecule has 21 heavy (non-hydrogen) atoms. The minimum absolute atomic E-state index is 0.296. The predicted molar refractivity (Wildman–Crippen MR) is 90.2 cm³/mol. The molecule has 0 saturated carbocycles. The first kappa shape index (κ1) is 15.9. The van der Waals surface area contributed by atoms with Crippen molar-refractivity contribution in [2.24, 2.45) is 0 Å². The normalized spacial score (nSPS) is 10.9. The van der Waals surface area contributed by atoms with Crippen molar-refractivity contribution in [1.82, 2.24) is 0 Å². The average Bonchev–Trinajstić information content (AvgIpc) is 2.50. The summed E-state index contributed by atoms with van der Waals surface area (Å²) in [5, 5.41) is 11.3. The fourth-order valence-corrected chi connectivity index (χ4v) is 3.36. The summed E-state index contributed by atoms with van der Waals surface area (Å²) in [6.07, 6.45) is 7.52. The summed E-state index contributed by atoms with van der Waals surface area (Å²) in [6, 6.07) is 13.0. The Morgan fingerprint density at radius 3 is 2.57 bits per heavy atom. The molecule has 0 aliphatic rings. The molecule has 0 aromatic heterocycles. The van der Waals surface area contributed by atoms with E-state index in [1.807, 2.05) is 0 Å². The zero-order valence-electron chi connectivity index (χ0n) is 12.5. The van der Waals surface area contributed by atoms with Gasteiger partial charge in [0.15, 0.2) is 0 Å². The smallest absolute Gasteiger partial charge is 0.303 e. The molecule has 112 valence electrons. The van der Waals surface area contributed by atoms with Crippen molar-refractivity contribution in [1.29, 1.82) is 0 Å². The molecule has 2 aromatic carbocycles. The summed E-state index contributed by atoms with van der Waals surface area (Å²) in [5.74, 6) is -0.686. The molecule has 2 nitrogen and oxygen atoms in total. The van der Waals surface area contributed by atoms with Gasteiger partial charge in [0.2, 0.25) is 0 Å². The van der Waals surface area contributed by atoms with Crippen LogP contribution in [0.1, 0.15) is 37.7 Å². The lowest BCUT2D eigenvalue weighted by Crippen LogP contribution is -1.95. The van der Waals surface area contributed by atoms with Crippen molar-refractivity contribution in [3.63, 3.8) is 0 Å². The van der Waals surface area contributed by atoms with Crippen LogP contribution >= 0.6 is 11.8 Å². The van der Waals surface area contributed by atoms with E-state index in [1.165, 1.54) is 21.2 Å². The van der Waals surface area contributed by atoms with Crippen molar-refractivity contribution in [3.05, 3.63) is 42.0 Å². The van der Waals surface area contributed by atoms with Gasteiger partial charge in [0, 0.05) is 11.3 Å². The van der Waals surface area contributed by atoms with Crippen LogP contribution in [0.2, 0.25) is 0 Å². The molecular weight excluding hydrogens is 280 g/mol. The Balaban J connectivity index is 1.98. The Morgan fingerprint density at radius 1 is 1.05 bits per heavy atom. The number of benzene rings is 2. The quantitative estimate of drug-likeness (QED) is 0.542. The number of thioether (sulfide) groups is 1. The van der Waals surface area contributed by atoms with Gasteiger partial charge in [-0.25, -0.2) is 0 Å². The molecule has 2 aromatic rings. The number of fused-ring (bicyclic) bond motifs is 1. The first-order valence-electron chi connectivity index (χ1n) is 7.49. The molecule has 0 aliphatic heterocycles. The SMILES string of the molecule is CSc1ccc2ccccc2c1CCCCCCC(=O)O. The third-order valence-corrected chi connectivity index (χ3v) is 4.61. The van der Waals surface area contributed by atoms with Gasteiger partial charge < -0.3 is 5.11 Å². The first-order chi connectivity index (χ1) is 10.2. The van der Waals surface area contributed by atoms with Crippen LogP contribution in [0.25, 0.3) is 10.8 Å². The number of hydrogen-bond donors (Lipinski definition) is 1. The fraction of sp³-hybridized carbons (Fsp3) is 0.389. The molecule has 0 unspecified atom stereocenters. The number of aliphatic carboxylic acids is 1. The first-order valence-corrected chi connectivity index (χ1v) is 8.71. The predicted octanol–water partition coefficient (Wildman–Crippen LogP) is 5.14. The van der Waals surface area contributed by atoms with Crippen molar-refractivity contribution in [2.75, 3.05) is 6.26 Å². The molecule has 0 fully saturated rings. The highest BCUT2D eigenvalue weighted by Crippen LogP contribution is 2.29. The van der Waals surface area contributed by atoms with E-state index >= 15 is 0 Å². The van der Waals surface area contributed by atoms with Crippen LogP contribution in [-0.2, 0) is 11.2 Å². The van der Waals surface area contributed by atoms with Gasteiger partial charge in [0.25, 0.3) is 0 Å². The number of unbranched alkanes of at least 4 members (excludes halogenated alkanes) is 3. The van der Waals surface area contributed by atoms with Crippen molar-refractivity contribution < 1.29 is 9.90 Å². The summed E-state index contributed by atoms with van der Waals surface area (Å²) >= 11 is 1.80. The molecule has 3 heteroatoms. The van der Waals surface area contributed by atoms with Crippen LogP contribution in [0.15, 0.2) is 41.3 Å². The Kier molecular flexibility index (Phi) is 6.12. The maximum atomic E-state index is 10.5. The Hall–Kier alpha value is -1.48. The summed E-state index contributed by atoms with van der Waals surface area (Å²) in [7, 11) is 0. The molecule has 0 bridgehead atoms. The van der Waals surface area contributed by atoms with Gasteiger partial charge in [-0.2, -0.15) is 0 Å². The minimum Gasteiger partial charge on any atom is -0.481 e. The van der Waals surface area contributed by atoms with E-state index in [2.05, 4.69) is 42.7 Å². The number of carboxylic acid groups (broad SMARTS) is 1. The molecule has 0 radical (unpaired) electrons. The number of aryl methyl sites for hydroxylation is 1. The second-order valence-corrected chi connectivity index (χ2v) is 6.12. The van der Waals surface area contributed by atoms with Crippen LogP contribution < -0.4 is 0 Å². The van der Waals surface area contributed by atoms with Gasteiger partial charge in [-0.1, -0.05) is 43.2 Å². The molecule has 2 rings (SSSR count). The van der Waals surface area contributed by atoms with E-state index in [1.54, 1.807) is 11.8 Å². The van der Waals surface area contributed by atoms with E-state index in [0.29, 0.717) is 6.42 Å². The molecule has 1 N–H and O–H groups in total. The highest BCUT2D eigenvalue weighted by Gasteiger charge is 2.07. The van der Waals surface area contributed by atoms with E-state index < -0.39 is 5.97 Å². The van der Waals surface area contributed by atoms with Gasteiger partial charge in [0.1, 0.15) is 0 Å². The standard InChI is InChI=1S/C18H22O2S/c1-21-17-13-12-14-8-6-7-9-15(14)16(17)10-4-2-3-5-11-18(19)20/h6-9,12-13H,2-5,10-11H2,1H3,(H,19,20). The summed E-state index contributed by atoms with van der Waals surface area (Å²) in [4.78, 5) is 11.8. The van der Waals surface area contributed by atoms with Gasteiger partial charge >= 0.3 is 5.97 Å². The van der Waals surface area contributed by atoms with Crippen molar-refractivity contribution >= 4 is 28.5 Å². The Labute approximate surface area is 130 Å². The number of hydrogen-bond acceptors (Lipinski definition) is 2. The lowest BCUT2D eigenvalue weighted by atomic mass is 9.99. The second-order valence-electron chi connectivity index (χ2n) is 5.28. The number of carbonyl (C=O) groups is 1. The van der Waals surface area contributed by atoms with Gasteiger partial charge in [-0.15, -0.1) is 11.8 Å². The fourth-order valence-electron chi connectivity index (χ4n) is 2.70. The lowest BCUT2D eigenvalue weighted by Gasteiger charge is -2.11. The highest BCUT2D eigenvalue weighted by molar-refractivity contribution is 7.98. The summed E-state index contributed by atoms with van der Waals surface area (Å²) in [6.45, 7) is 0. The molecule has 0 heterocycles. The second kappa shape index (κ2) is 8.08. The van der Waals surface area contributed by atoms with E-state index in [0.717, 1.165) is 32.1 Å². The van der Waals surface area contributed by atoms with Crippen molar-refractivity contribution in [2.45, 2.75) is 43.4 Å². The van der Waals surface area contributed by atoms with Gasteiger partial charge in [0.05, 0.1) is 0 Å². The topological polar surface area (TPSA) is 37.3 Å². The van der Waals surface area contributed by atoms with Crippen LogP contribution in [0, 0.1) is 0 Å². The van der Waals surface area contributed by atoms with E-state index in [4.69, 9.17) is 5.11 Å².